The highest BCUT2D eigenvalue weighted by atomic mass is 16.5. The van der Waals surface area contributed by atoms with Gasteiger partial charge in [0.05, 0.1) is 18.8 Å². The second-order valence-electron chi connectivity index (χ2n) is 6.21. The van der Waals surface area contributed by atoms with Crippen LogP contribution in [0.15, 0.2) is 46.9 Å². The van der Waals surface area contributed by atoms with Crippen molar-refractivity contribution in [3.05, 3.63) is 59.5 Å². The van der Waals surface area contributed by atoms with E-state index in [1.807, 2.05) is 37.3 Å². The Kier molecular flexibility index (Phi) is 3.89. The molecule has 0 saturated carbocycles. The predicted molar refractivity (Wildman–Crippen MR) is 94.2 cm³/mol. The third-order valence-electron chi connectivity index (χ3n) is 4.36. The van der Waals surface area contributed by atoms with Crippen molar-refractivity contribution in [2.45, 2.75) is 13.0 Å². The van der Waals surface area contributed by atoms with Crippen LogP contribution in [0.25, 0.3) is 11.0 Å². The van der Waals surface area contributed by atoms with Gasteiger partial charge in [0.25, 0.3) is 5.91 Å². The van der Waals surface area contributed by atoms with Gasteiger partial charge in [-0.3, -0.25) is 4.79 Å². The fraction of sp³-hybridized carbons (Fsp3) is 0.263. The zero-order chi connectivity index (χ0) is 17.4. The number of amides is 1. The number of rotatable bonds is 2. The van der Waals surface area contributed by atoms with Gasteiger partial charge in [0.1, 0.15) is 23.3 Å². The molecule has 0 radical (unpaired) electrons. The second kappa shape index (κ2) is 6.22. The molecule has 3 heterocycles. The van der Waals surface area contributed by atoms with Crippen LogP contribution in [0.2, 0.25) is 0 Å². The van der Waals surface area contributed by atoms with Crippen LogP contribution in [0, 0.1) is 6.92 Å². The summed E-state index contributed by atoms with van der Waals surface area (Å²) in [5.74, 6) is 1.27. The second-order valence-corrected chi connectivity index (χ2v) is 6.21. The van der Waals surface area contributed by atoms with Crippen molar-refractivity contribution >= 4 is 22.7 Å². The van der Waals surface area contributed by atoms with Crippen molar-refractivity contribution in [3.63, 3.8) is 0 Å². The summed E-state index contributed by atoms with van der Waals surface area (Å²) < 4.78 is 11.4. The van der Waals surface area contributed by atoms with Gasteiger partial charge in [-0.2, -0.15) is 0 Å². The smallest absolute Gasteiger partial charge is 0.254 e. The lowest BCUT2D eigenvalue weighted by molar-refractivity contribution is -0.0246. The number of furan rings is 1. The quantitative estimate of drug-likeness (QED) is 0.777. The van der Waals surface area contributed by atoms with Gasteiger partial charge in [0.15, 0.2) is 0 Å². The molecule has 25 heavy (non-hydrogen) atoms. The average Bonchev–Trinajstić information content (AvgIpc) is 3.00. The topological polar surface area (TPSA) is 81.6 Å². The molecule has 1 amide bonds. The van der Waals surface area contributed by atoms with Gasteiger partial charge in [-0.15, -0.1) is 0 Å². The Morgan fingerprint density at radius 1 is 1.28 bits per heavy atom. The van der Waals surface area contributed by atoms with E-state index in [9.17, 15) is 4.79 Å². The lowest BCUT2D eigenvalue weighted by Gasteiger charge is -2.32. The lowest BCUT2D eigenvalue weighted by atomic mass is 10.1. The molecule has 0 aliphatic carbocycles. The van der Waals surface area contributed by atoms with Crippen LogP contribution >= 0.6 is 0 Å². The van der Waals surface area contributed by atoms with E-state index >= 15 is 0 Å². The molecule has 128 valence electrons. The Labute approximate surface area is 145 Å². The molecule has 0 bridgehead atoms. The number of ether oxygens (including phenoxy) is 1. The predicted octanol–water partition coefficient (Wildman–Crippen LogP) is 2.93. The molecular formula is C19H19N3O3. The van der Waals surface area contributed by atoms with E-state index in [-0.39, 0.29) is 12.0 Å². The molecule has 2 N–H and O–H groups in total. The maximum atomic E-state index is 12.9. The minimum atomic E-state index is -0.263. The molecule has 3 aromatic rings. The summed E-state index contributed by atoms with van der Waals surface area (Å²) in [5.41, 5.74) is 7.94. The number of carbonyl (C=O) groups excluding carboxylic acids is 1. The largest absolute Gasteiger partial charge is 0.461 e. The zero-order valence-corrected chi connectivity index (χ0v) is 13.9. The van der Waals surface area contributed by atoms with Gasteiger partial charge in [-0.25, -0.2) is 4.98 Å². The first-order valence-electron chi connectivity index (χ1n) is 8.24. The van der Waals surface area contributed by atoms with Crippen molar-refractivity contribution < 1.29 is 13.9 Å². The van der Waals surface area contributed by atoms with E-state index in [4.69, 9.17) is 14.9 Å². The molecule has 0 spiro atoms. The summed E-state index contributed by atoms with van der Waals surface area (Å²) in [7, 11) is 0. The molecule has 2 aromatic heterocycles. The van der Waals surface area contributed by atoms with Gasteiger partial charge in [-0.1, -0.05) is 6.07 Å². The Balaban J connectivity index is 1.56. The van der Waals surface area contributed by atoms with E-state index in [2.05, 4.69) is 4.98 Å². The van der Waals surface area contributed by atoms with Crippen LogP contribution in [-0.2, 0) is 4.74 Å². The van der Waals surface area contributed by atoms with Gasteiger partial charge in [0.2, 0.25) is 0 Å². The third kappa shape index (κ3) is 3.08. The van der Waals surface area contributed by atoms with Crippen molar-refractivity contribution in [3.8, 4) is 0 Å². The summed E-state index contributed by atoms with van der Waals surface area (Å²) in [4.78, 5) is 19.0. The van der Waals surface area contributed by atoms with Crippen LogP contribution in [0.5, 0.6) is 0 Å². The molecule has 1 saturated heterocycles. The number of carbonyl (C=O) groups is 1. The number of nitrogens with two attached hydrogens (primary N) is 1. The number of aryl methyl sites for hydroxylation is 1. The molecule has 1 atom stereocenters. The number of benzene rings is 1. The monoisotopic (exact) mass is 337 g/mol. The van der Waals surface area contributed by atoms with Gasteiger partial charge in [0, 0.05) is 17.5 Å². The number of anilines is 1. The molecule has 1 aromatic carbocycles. The highest BCUT2D eigenvalue weighted by Gasteiger charge is 2.27. The minimum Gasteiger partial charge on any atom is -0.461 e. The van der Waals surface area contributed by atoms with E-state index in [1.54, 1.807) is 17.0 Å². The first-order chi connectivity index (χ1) is 12.1. The summed E-state index contributed by atoms with van der Waals surface area (Å²) in [6.45, 7) is 3.38. The molecule has 4 rings (SSSR count). The average molecular weight is 337 g/mol. The van der Waals surface area contributed by atoms with Gasteiger partial charge < -0.3 is 19.8 Å². The lowest BCUT2D eigenvalue weighted by Crippen LogP contribution is -2.42. The number of nitrogen functional groups attached to an aromatic ring is 1. The molecule has 1 aliphatic heterocycles. The van der Waals surface area contributed by atoms with Crippen LogP contribution in [-0.4, -0.2) is 35.5 Å². The van der Waals surface area contributed by atoms with Crippen molar-refractivity contribution in [2.75, 3.05) is 25.4 Å². The zero-order valence-electron chi connectivity index (χ0n) is 13.9. The van der Waals surface area contributed by atoms with E-state index < -0.39 is 0 Å². The summed E-state index contributed by atoms with van der Waals surface area (Å²) in [6.07, 6.45) is -0.263. The first kappa shape index (κ1) is 15.7. The normalized spacial score (nSPS) is 17.8. The van der Waals surface area contributed by atoms with E-state index in [0.29, 0.717) is 31.1 Å². The Bertz CT molecular complexity index is 935. The summed E-state index contributed by atoms with van der Waals surface area (Å²) >= 11 is 0. The Hall–Kier alpha value is -2.86. The third-order valence-corrected chi connectivity index (χ3v) is 4.36. The number of aromatic nitrogens is 1. The number of fused-ring (bicyclic) bond motifs is 1. The van der Waals surface area contributed by atoms with Gasteiger partial charge in [-0.05, 0) is 43.3 Å². The van der Waals surface area contributed by atoms with E-state index in [0.717, 1.165) is 22.4 Å². The molecule has 6 nitrogen and oxygen atoms in total. The molecule has 6 heteroatoms. The maximum Gasteiger partial charge on any atom is 0.254 e. The van der Waals surface area contributed by atoms with Crippen molar-refractivity contribution in [2.24, 2.45) is 0 Å². The minimum absolute atomic E-state index is 0.0158. The highest BCUT2D eigenvalue weighted by Crippen LogP contribution is 2.24. The summed E-state index contributed by atoms with van der Waals surface area (Å²) in [6, 6.07) is 12.9. The number of hydrogen-bond acceptors (Lipinski definition) is 5. The standard InChI is InChI=1S/C19H19N3O3/c1-12-9-14-10-13(5-6-16(14)25-12)19(23)22-7-8-24-17(11-22)15-3-2-4-18(20)21-15/h2-6,9-10,17H,7-8,11H2,1H3,(H2,20,21)/t17-/m0/s1. The number of morpholine rings is 1. The molecular weight excluding hydrogens is 318 g/mol. The van der Waals surface area contributed by atoms with E-state index in [1.165, 1.54) is 0 Å². The fourth-order valence-electron chi connectivity index (χ4n) is 3.15. The number of pyridine rings is 1. The Morgan fingerprint density at radius 3 is 3.00 bits per heavy atom. The maximum absolute atomic E-state index is 12.9. The van der Waals surface area contributed by atoms with Crippen LogP contribution in [0.3, 0.4) is 0 Å². The Morgan fingerprint density at radius 2 is 2.16 bits per heavy atom. The van der Waals surface area contributed by atoms with Crippen LogP contribution in [0.1, 0.15) is 27.9 Å². The van der Waals surface area contributed by atoms with Crippen molar-refractivity contribution in [1.29, 1.82) is 0 Å². The molecule has 1 aliphatic rings. The summed E-state index contributed by atoms with van der Waals surface area (Å²) in [5, 5.41) is 0.936. The van der Waals surface area contributed by atoms with Crippen LogP contribution < -0.4 is 5.73 Å². The number of hydrogen-bond donors (Lipinski definition) is 1. The van der Waals surface area contributed by atoms with Crippen molar-refractivity contribution in [1.82, 2.24) is 9.88 Å². The van der Waals surface area contributed by atoms with Crippen LogP contribution in [0.4, 0.5) is 5.82 Å². The van der Waals surface area contributed by atoms with Gasteiger partial charge >= 0.3 is 0 Å². The fourth-order valence-corrected chi connectivity index (χ4v) is 3.15. The molecule has 1 fully saturated rings. The highest BCUT2D eigenvalue weighted by molar-refractivity contribution is 5.98. The number of nitrogens with zero attached hydrogens (tertiary/aromatic N) is 2. The first-order valence-corrected chi connectivity index (χ1v) is 8.24. The molecule has 0 unspecified atom stereocenters. The SMILES string of the molecule is Cc1cc2cc(C(=O)N3CCO[C@H](c4cccc(N)n4)C3)ccc2o1.